The van der Waals surface area contributed by atoms with E-state index in [1.807, 2.05) is 0 Å². The first kappa shape index (κ1) is 13.1. The van der Waals surface area contributed by atoms with Gasteiger partial charge in [0.25, 0.3) is 5.91 Å². The summed E-state index contributed by atoms with van der Waals surface area (Å²) in [5, 5.41) is 6.37. The maximum Gasteiger partial charge on any atom is 0.328 e. The second-order valence-electron chi connectivity index (χ2n) is 6.05. The summed E-state index contributed by atoms with van der Waals surface area (Å²) in [7, 11) is 1.34. The molecule has 6 heteroatoms. The van der Waals surface area contributed by atoms with Gasteiger partial charge in [-0.1, -0.05) is 5.16 Å². The van der Waals surface area contributed by atoms with Gasteiger partial charge in [0.15, 0.2) is 5.69 Å². The highest BCUT2D eigenvalue weighted by Gasteiger charge is 2.57. The second-order valence-corrected chi connectivity index (χ2v) is 6.05. The summed E-state index contributed by atoms with van der Waals surface area (Å²) < 4.78 is 9.66. The molecule has 1 aromatic heterocycles. The molecule has 1 N–H and O–H groups in total. The first-order valence-electron chi connectivity index (χ1n) is 6.83. The lowest BCUT2D eigenvalue weighted by Crippen LogP contribution is -2.56. The lowest BCUT2D eigenvalue weighted by Gasteiger charge is -2.62. The van der Waals surface area contributed by atoms with Crippen LogP contribution in [-0.4, -0.2) is 30.2 Å². The molecule has 0 unspecified atom stereocenters. The van der Waals surface area contributed by atoms with Crippen LogP contribution in [0.1, 0.15) is 41.9 Å². The Morgan fingerprint density at radius 3 is 2.70 bits per heavy atom. The zero-order chi connectivity index (χ0) is 14.3. The number of aromatic nitrogens is 1. The summed E-state index contributed by atoms with van der Waals surface area (Å²) in [5.41, 5.74) is 0.435. The first-order valence-corrected chi connectivity index (χ1v) is 6.83. The van der Waals surface area contributed by atoms with E-state index in [0.29, 0.717) is 12.2 Å². The van der Waals surface area contributed by atoms with E-state index in [1.54, 1.807) is 13.0 Å². The molecule has 0 radical (unpaired) electrons. The monoisotopic (exact) mass is 278 g/mol. The molecule has 1 aromatic rings. The predicted molar refractivity (Wildman–Crippen MR) is 68.9 cm³/mol. The van der Waals surface area contributed by atoms with Crippen molar-refractivity contribution < 1.29 is 18.8 Å². The largest absolute Gasteiger partial charge is 0.467 e. The molecule has 4 rings (SSSR count). The summed E-state index contributed by atoms with van der Waals surface area (Å²) in [4.78, 5) is 23.9. The second kappa shape index (κ2) is 4.61. The number of carbonyl (C=O) groups is 2. The fraction of sp³-hybridized carbons (Fsp3) is 0.643. The Hall–Kier alpha value is -1.85. The number of esters is 1. The smallest absolute Gasteiger partial charge is 0.328 e. The van der Waals surface area contributed by atoms with Crippen LogP contribution >= 0.6 is 0 Å². The van der Waals surface area contributed by atoms with Crippen molar-refractivity contribution in [3.05, 3.63) is 17.5 Å². The predicted octanol–water partition coefficient (Wildman–Crippen LogP) is 1.44. The van der Waals surface area contributed by atoms with Crippen LogP contribution in [0.3, 0.4) is 0 Å². The van der Waals surface area contributed by atoms with Gasteiger partial charge in [0.1, 0.15) is 11.8 Å². The molecule has 6 nitrogen and oxygen atoms in total. The zero-order valence-corrected chi connectivity index (χ0v) is 11.6. The third-order valence-electron chi connectivity index (χ3n) is 4.45. The molecule has 108 valence electrons. The standard InChI is InChI=1S/C14H18N2O4/c1-8-3-10(16-20-8)12(17)15-11(13(18)19-2)7-14-4-9(5-14)6-14/h3,9,11H,4-7H2,1-2H3,(H,15,17)/t9?,11-,14?/m0/s1. The lowest BCUT2D eigenvalue weighted by atomic mass is 9.43. The van der Waals surface area contributed by atoms with Crippen LogP contribution in [-0.2, 0) is 9.53 Å². The minimum absolute atomic E-state index is 0.189. The summed E-state index contributed by atoms with van der Waals surface area (Å²) >= 11 is 0. The van der Waals surface area contributed by atoms with Crippen LogP contribution < -0.4 is 5.32 Å². The Labute approximate surface area is 116 Å². The van der Waals surface area contributed by atoms with E-state index in [-0.39, 0.29) is 11.1 Å². The first-order chi connectivity index (χ1) is 9.51. The van der Waals surface area contributed by atoms with Crippen LogP contribution in [0.15, 0.2) is 10.6 Å². The molecule has 3 fully saturated rings. The fourth-order valence-electron chi connectivity index (χ4n) is 3.38. The highest BCUT2D eigenvalue weighted by molar-refractivity contribution is 5.95. The number of methoxy groups -OCH3 is 1. The number of hydrogen-bond donors (Lipinski definition) is 1. The molecule has 1 heterocycles. The van der Waals surface area contributed by atoms with Gasteiger partial charge in [-0.3, -0.25) is 4.79 Å². The van der Waals surface area contributed by atoms with Crippen molar-refractivity contribution in [1.29, 1.82) is 0 Å². The molecular weight excluding hydrogens is 260 g/mol. The Kier molecular flexibility index (Phi) is 3.03. The molecule has 0 saturated heterocycles. The molecule has 0 aliphatic heterocycles. The third-order valence-corrected chi connectivity index (χ3v) is 4.45. The highest BCUT2D eigenvalue weighted by atomic mass is 16.5. The number of hydrogen-bond acceptors (Lipinski definition) is 5. The number of ether oxygens (including phenoxy) is 1. The Morgan fingerprint density at radius 2 is 2.25 bits per heavy atom. The van der Waals surface area contributed by atoms with Crippen molar-refractivity contribution in [2.24, 2.45) is 11.3 Å². The Balaban J connectivity index is 1.66. The highest BCUT2D eigenvalue weighted by Crippen LogP contribution is 2.66. The molecule has 0 spiro atoms. The van der Waals surface area contributed by atoms with Crippen molar-refractivity contribution >= 4 is 11.9 Å². The topological polar surface area (TPSA) is 81.4 Å². The van der Waals surface area contributed by atoms with Crippen LogP contribution in [0, 0.1) is 18.3 Å². The van der Waals surface area contributed by atoms with Crippen molar-refractivity contribution in [2.75, 3.05) is 7.11 Å². The van der Waals surface area contributed by atoms with Crippen molar-refractivity contribution in [1.82, 2.24) is 10.5 Å². The van der Waals surface area contributed by atoms with Gasteiger partial charge in [0.2, 0.25) is 0 Å². The van der Waals surface area contributed by atoms with Crippen LogP contribution in [0.5, 0.6) is 0 Å². The zero-order valence-electron chi connectivity index (χ0n) is 11.6. The maximum atomic E-state index is 12.1. The van der Waals surface area contributed by atoms with Gasteiger partial charge >= 0.3 is 5.97 Å². The number of rotatable bonds is 5. The quantitative estimate of drug-likeness (QED) is 0.824. The number of nitrogens with zero attached hydrogens (tertiary/aromatic N) is 1. The van der Waals surface area contributed by atoms with E-state index in [1.165, 1.54) is 26.4 Å². The third kappa shape index (κ3) is 2.19. The van der Waals surface area contributed by atoms with Gasteiger partial charge in [-0.25, -0.2) is 4.79 Å². The molecule has 1 amide bonds. The van der Waals surface area contributed by atoms with Crippen molar-refractivity contribution in [3.63, 3.8) is 0 Å². The molecule has 3 aliphatic carbocycles. The average Bonchev–Trinajstić information content (AvgIpc) is 2.76. The molecule has 20 heavy (non-hydrogen) atoms. The number of aryl methyl sites for hydroxylation is 1. The van der Waals surface area contributed by atoms with Crippen LogP contribution in [0.4, 0.5) is 0 Å². The number of carbonyl (C=O) groups excluding carboxylic acids is 2. The fourth-order valence-corrected chi connectivity index (χ4v) is 3.38. The molecule has 3 aliphatic rings. The summed E-state index contributed by atoms with van der Waals surface area (Å²) in [5.74, 6) is 0.596. The van der Waals surface area contributed by atoms with Gasteiger partial charge in [-0.15, -0.1) is 0 Å². The van der Waals surface area contributed by atoms with Crippen LogP contribution in [0.25, 0.3) is 0 Å². The van der Waals surface area contributed by atoms with Gasteiger partial charge in [-0.2, -0.15) is 0 Å². The Morgan fingerprint density at radius 1 is 1.55 bits per heavy atom. The normalized spacial score (nSPS) is 28.0. The summed E-state index contributed by atoms with van der Waals surface area (Å²) in [6.45, 7) is 1.71. The van der Waals surface area contributed by atoms with E-state index in [0.717, 1.165) is 5.92 Å². The van der Waals surface area contributed by atoms with Crippen molar-refractivity contribution in [3.8, 4) is 0 Å². The van der Waals surface area contributed by atoms with E-state index in [4.69, 9.17) is 9.26 Å². The summed E-state index contributed by atoms with van der Waals surface area (Å²) in [6.07, 6.45) is 4.15. The van der Waals surface area contributed by atoms with E-state index >= 15 is 0 Å². The Bertz CT molecular complexity index is 534. The minimum atomic E-state index is -0.606. The van der Waals surface area contributed by atoms with Gasteiger partial charge in [-0.05, 0) is 43.9 Å². The summed E-state index contributed by atoms with van der Waals surface area (Å²) in [6, 6.07) is 0.941. The van der Waals surface area contributed by atoms with E-state index in [2.05, 4.69) is 10.5 Å². The maximum absolute atomic E-state index is 12.1. The molecule has 2 bridgehead atoms. The van der Waals surface area contributed by atoms with E-state index in [9.17, 15) is 9.59 Å². The lowest BCUT2D eigenvalue weighted by molar-refractivity contribution is -0.152. The van der Waals surface area contributed by atoms with Gasteiger partial charge in [0.05, 0.1) is 7.11 Å². The van der Waals surface area contributed by atoms with Crippen molar-refractivity contribution in [2.45, 2.75) is 38.6 Å². The van der Waals surface area contributed by atoms with Gasteiger partial charge < -0.3 is 14.6 Å². The van der Waals surface area contributed by atoms with Gasteiger partial charge in [0, 0.05) is 6.07 Å². The minimum Gasteiger partial charge on any atom is -0.467 e. The number of nitrogens with one attached hydrogen (secondary N) is 1. The average molecular weight is 278 g/mol. The SMILES string of the molecule is COC(=O)[C@H](CC12CC(C1)C2)NC(=O)c1cc(C)on1. The molecule has 3 saturated carbocycles. The number of amides is 1. The van der Waals surface area contributed by atoms with E-state index < -0.39 is 17.9 Å². The molecule has 0 aromatic carbocycles. The van der Waals surface area contributed by atoms with Crippen LogP contribution in [0.2, 0.25) is 0 Å². The molecular formula is C14H18N2O4. The molecule has 1 atom stereocenters.